The zero-order valence-electron chi connectivity index (χ0n) is 4.10. The number of nitrogens with zero attached hydrogens (tertiary/aromatic N) is 1. The lowest BCUT2D eigenvalue weighted by molar-refractivity contribution is 0.415. The van der Waals surface area contributed by atoms with Crippen LogP contribution in [0.5, 0.6) is 0 Å². The number of rotatable bonds is 1. The highest BCUT2D eigenvalue weighted by atomic mass is 79.9. The van der Waals surface area contributed by atoms with Gasteiger partial charge in [-0.15, -0.1) is 0 Å². The minimum Gasteiger partial charge on any atom is -0.363 e. The first-order chi connectivity index (χ1) is 3.84. The van der Waals surface area contributed by atoms with Crippen molar-refractivity contribution in [3.8, 4) is 0 Å². The Labute approximate surface area is 55.0 Å². The van der Waals surface area contributed by atoms with Crippen LogP contribution in [0.1, 0.15) is 5.56 Å². The van der Waals surface area contributed by atoms with Gasteiger partial charge in [0.25, 0.3) is 0 Å². The average molecular weight is 177 g/mol. The summed E-state index contributed by atoms with van der Waals surface area (Å²) in [4.78, 5) is 0. The summed E-state index contributed by atoms with van der Waals surface area (Å²) in [5.41, 5.74) is 6.16. The number of hydrogen-bond donors (Lipinski definition) is 1. The maximum atomic E-state index is 5.27. The Balaban J connectivity index is 2.92. The molecule has 4 heteroatoms. The Kier molecular flexibility index (Phi) is 1.65. The van der Waals surface area contributed by atoms with Crippen molar-refractivity contribution in [1.29, 1.82) is 0 Å². The van der Waals surface area contributed by atoms with E-state index in [0.29, 0.717) is 11.1 Å². The molecule has 1 heterocycles. The fourth-order valence-electron chi connectivity index (χ4n) is 0.376. The van der Waals surface area contributed by atoms with E-state index in [4.69, 9.17) is 5.73 Å². The minimum absolute atomic E-state index is 0.462. The standard InChI is InChI=1S/C4H5BrN2O/c5-4-3(1-6)2-8-7-4/h2H,1,6H2. The van der Waals surface area contributed by atoms with E-state index >= 15 is 0 Å². The molecule has 0 bridgehead atoms. The van der Waals surface area contributed by atoms with E-state index in [1.54, 1.807) is 0 Å². The van der Waals surface area contributed by atoms with Crippen LogP contribution in [0.15, 0.2) is 15.4 Å². The molecule has 0 aliphatic carbocycles. The van der Waals surface area contributed by atoms with E-state index in [9.17, 15) is 0 Å². The molecular weight excluding hydrogens is 172 g/mol. The van der Waals surface area contributed by atoms with Gasteiger partial charge in [0.1, 0.15) is 6.26 Å². The third-order valence-electron chi connectivity index (χ3n) is 0.813. The summed E-state index contributed by atoms with van der Waals surface area (Å²) < 4.78 is 5.25. The van der Waals surface area contributed by atoms with Crippen molar-refractivity contribution in [3.05, 3.63) is 16.4 Å². The maximum absolute atomic E-state index is 5.27. The Hall–Kier alpha value is -0.350. The fourth-order valence-corrected chi connectivity index (χ4v) is 0.715. The molecule has 0 spiro atoms. The largest absolute Gasteiger partial charge is 0.363 e. The van der Waals surface area contributed by atoms with Gasteiger partial charge in [-0.25, -0.2) is 0 Å². The van der Waals surface area contributed by atoms with E-state index in [-0.39, 0.29) is 0 Å². The molecule has 3 nitrogen and oxygen atoms in total. The fraction of sp³-hybridized carbons (Fsp3) is 0.250. The Bertz CT molecular complexity index is 174. The summed E-state index contributed by atoms with van der Waals surface area (Å²) in [7, 11) is 0. The van der Waals surface area contributed by atoms with Crippen molar-refractivity contribution in [3.63, 3.8) is 0 Å². The summed E-state index contributed by atoms with van der Waals surface area (Å²) in [6.45, 7) is 0.462. The molecule has 44 valence electrons. The van der Waals surface area contributed by atoms with Crippen LogP contribution in [0.3, 0.4) is 0 Å². The van der Waals surface area contributed by atoms with Gasteiger partial charge in [-0.1, -0.05) is 5.16 Å². The van der Waals surface area contributed by atoms with Crippen LogP contribution in [0.2, 0.25) is 0 Å². The maximum Gasteiger partial charge on any atom is 0.153 e. The van der Waals surface area contributed by atoms with Crippen molar-refractivity contribution >= 4 is 15.9 Å². The third kappa shape index (κ3) is 0.900. The van der Waals surface area contributed by atoms with Gasteiger partial charge in [-0.3, -0.25) is 0 Å². The second-order valence-electron chi connectivity index (χ2n) is 1.33. The lowest BCUT2D eigenvalue weighted by Gasteiger charge is -1.81. The van der Waals surface area contributed by atoms with Crippen LogP contribution < -0.4 is 5.73 Å². The molecule has 1 aromatic heterocycles. The first kappa shape index (κ1) is 5.78. The van der Waals surface area contributed by atoms with Crippen LogP contribution in [0, 0.1) is 0 Å². The molecule has 1 aromatic rings. The molecule has 0 aliphatic rings. The van der Waals surface area contributed by atoms with E-state index in [1.165, 1.54) is 6.26 Å². The number of nitrogens with two attached hydrogens (primary N) is 1. The molecule has 0 amide bonds. The predicted molar refractivity (Wildman–Crippen MR) is 32.1 cm³/mol. The van der Waals surface area contributed by atoms with Crippen molar-refractivity contribution in [2.24, 2.45) is 5.73 Å². The monoisotopic (exact) mass is 176 g/mol. The molecule has 0 saturated carbocycles. The van der Waals surface area contributed by atoms with E-state index in [2.05, 4.69) is 25.6 Å². The Morgan fingerprint density at radius 3 is 2.88 bits per heavy atom. The van der Waals surface area contributed by atoms with Gasteiger partial charge in [0.2, 0.25) is 0 Å². The van der Waals surface area contributed by atoms with Gasteiger partial charge in [-0.05, 0) is 15.9 Å². The molecule has 0 aliphatic heterocycles. The molecule has 1 rings (SSSR count). The quantitative estimate of drug-likeness (QED) is 0.693. The molecule has 0 unspecified atom stereocenters. The second kappa shape index (κ2) is 2.28. The highest BCUT2D eigenvalue weighted by Crippen LogP contribution is 2.11. The normalized spacial score (nSPS) is 9.75. The second-order valence-corrected chi connectivity index (χ2v) is 2.09. The van der Waals surface area contributed by atoms with Crippen molar-refractivity contribution in [1.82, 2.24) is 5.16 Å². The Morgan fingerprint density at radius 1 is 1.88 bits per heavy atom. The topological polar surface area (TPSA) is 52.0 Å². The smallest absolute Gasteiger partial charge is 0.153 e. The van der Waals surface area contributed by atoms with E-state index in [0.717, 1.165) is 5.56 Å². The van der Waals surface area contributed by atoms with Crippen LogP contribution >= 0.6 is 15.9 Å². The molecule has 2 N–H and O–H groups in total. The molecule has 8 heavy (non-hydrogen) atoms. The summed E-state index contributed by atoms with van der Waals surface area (Å²) in [5, 5.41) is 3.55. The molecule has 0 atom stereocenters. The SMILES string of the molecule is NCc1conc1Br. The summed E-state index contributed by atoms with van der Waals surface area (Å²) in [5.74, 6) is 0. The summed E-state index contributed by atoms with van der Waals surface area (Å²) in [6.07, 6.45) is 1.52. The summed E-state index contributed by atoms with van der Waals surface area (Å²) >= 11 is 3.14. The Morgan fingerprint density at radius 2 is 2.62 bits per heavy atom. The van der Waals surface area contributed by atoms with Gasteiger partial charge < -0.3 is 10.3 Å². The van der Waals surface area contributed by atoms with Gasteiger partial charge in [0.15, 0.2) is 4.60 Å². The first-order valence-corrected chi connectivity index (χ1v) is 2.92. The molecule has 0 fully saturated rings. The van der Waals surface area contributed by atoms with Gasteiger partial charge in [-0.2, -0.15) is 0 Å². The van der Waals surface area contributed by atoms with E-state index in [1.807, 2.05) is 0 Å². The number of hydrogen-bond acceptors (Lipinski definition) is 3. The minimum atomic E-state index is 0.462. The summed E-state index contributed by atoms with van der Waals surface area (Å²) in [6, 6.07) is 0. The lowest BCUT2D eigenvalue weighted by Crippen LogP contribution is -1.94. The van der Waals surface area contributed by atoms with Crippen LogP contribution in [0.25, 0.3) is 0 Å². The molecule has 0 aromatic carbocycles. The first-order valence-electron chi connectivity index (χ1n) is 2.13. The lowest BCUT2D eigenvalue weighted by atomic mass is 10.4. The van der Waals surface area contributed by atoms with Crippen molar-refractivity contribution in [2.45, 2.75) is 6.54 Å². The van der Waals surface area contributed by atoms with Gasteiger partial charge >= 0.3 is 0 Å². The molecule has 0 saturated heterocycles. The highest BCUT2D eigenvalue weighted by molar-refractivity contribution is 9.10. The van der Waals surface area contributed by atoms with Gasteiger partial charge in [0, 0.05) is 12.1 Å². The molecule has 0 radical (unpaired) electrons. The van der Waals surface area contributed by atoms with Crippen LogP contribution in [-0.4, -0.2) is 5.16 Å². The van der Waals surface area contributed by atoms with Crippen molar-refractivity contribution in [2.75, 3.05) is 0 Å². The average Bonchev–Trinajstić information content (AvgIpc) is 2.14. The highest BCUT2D eigenvalue weighted by Gasteiger charge is 1.98. The van der Waals surface area contributed by atoms with Crippen molar-refractivity contribution < 1.29 is 4.52 Å². The zero-order chi connectivity index (χ0) is 5.98. The van der Waals surface area contributed by atoms with Crippen LogP contribution in [0.4, 0.5) is 0 Å². The predicted octanol–water partition coefficient (Wildman–Crippen LogP) is 0.896. The molecular formula is C4H5BrN2O. The number of halogens is 1. The van der Waals surface area contributed by atoms with Crippen LogP contribution in [-0.2, 0) is 6.54 Å². The van der Waals surface area contributed by atoms with Gasteiger partial charge in [0.05, 0.1) is 0 Å². The number of aromatic nitrogens is 1. The van der Waals surface area contributed by atoms with E-state index < -0.39 is 0 Å². The zero-order valence-corrected chi connectivity index (χ0v) is 5.68. The third-order valence-corrected chi connectivity index (χ3v) is 1.47.